The number of rotatable bonds is 7. The quantitative estimate of drug-likeness (QED) is 0.785. The first-order chi connectivity index (χ1) is 9.29. The van der Waals surface area contributed by atoms with Gasteiger partial charge in [0.15, 0.2) is 0 Å². The number of benzene rings is 1. The number of hydrogen-bond acceptors (Lipinski definition) is 6. The Labute approximate surface area is 116 Å². The number of ether oxygens (including phenoxy) is 1. The van der Waals surface area contributed by atoms with Crippen molar-refractivity contribution >= 4 is 11.8 Å². The lowest BCUT2D eigenvalue weighted by molar-refractivity contribution is 0.199. The van der Waals surface area contributed by atoms with E-state index in [-0.39, 0.29) is 0 Å². The number of hydrogen-bond donors (Lipinski definition) is 1. The van der Waals surface area contributed by atoms with Gasteiger partial charge < -0.3 is 14.5 Å². The second-order valence-corrected chi connectivity index (χ2v) is 4.96. The second-order valence-electron chi connectivity index (χ2n) is 3.97. The molecule has 1 N–H and O–H groups in total. The molecule has 1 heterocycles. The Balaban J connectivity index is 1.99. The highest BCUT2D eigenvalue weighted by Gasteiger charge is 2.08. The summed E-state index contributed by atoms with van der Waals surface area (Å²) in [5.74, 6) is 0.582. The lowest BCUT2D eigenvalue weighted by atomic mass is 10.2. The first kappa shape index (κ1) is 14.0. The fraction of sp³-hybridized carbons (Fsp3) is 0.385. The van der Waals surface area contributed by atoms with Crippen molar-refractivity contribution in [2.45, 2.75) is 23.6 Å². The lowest BCUT2D eigenvalue weighted by Crippen LogP contribution is -2.18. The van der Waals surface area contributed by atoms with Gasteiger partial charge >= 0.3 is 0 Å². The van der Waals surface area contributed by atoms with Gasteiger partial charge in [-0.2, -0.15) is 0 Å². The van der Waals surface area contributed by atoms with E-state index >= 15 is 0 Å². The minimum atomic E-state index is 0.571. The first-order valence-corrected chi connectivity index (χ1v) is 6.87. The number of nitrogens with one attached hydrogen (secondary N) is 1. The number of nitrogens with zero attached hydrogens (tertiary/aromatic N) is 2. The highest BCUT2D eigenvalue weighted by Crippen LogP contribution is 2.29. The number of aromatic nitrogens is 2. The number of methoxy groups -OCH3 is 1. The Morgan fingerprint density at radius 1 is 1.32 bits per heavy atom. The highest BCUT2D eigenvalue weighted by atomic mass is 32.2. The van der Waals surface area contributed by atoms with E-state index in [0.717, 1.165) is 18.0 Å². The monoisotopic (exact) mass is 279 g/mol. The Bertz CT molecular complexity index is 516. The van der Waals surface area contributed by atoms with Crippen molar-refractivity contribution < 1.29 is 9.15 Å². The molecule has 5 nitrogen and oxygen atoms in total. The molecule has 0 aliphatic rings. The molecular formula is C13H17N3O2S. The van der Waals surface area contributed by atoms with Gasteiger partial charge in [0, 0.05) is 32.0 Å². The third-order valence-electron chi connectivity index (χ3n) is 2.48. The number of aryl methyl sites for hydroxylation is 1. The zero-order valence-corrected chi connectivity index (χ0v) is 11.9. The molecular weight excluding hydrogens is 262 g/mol. The zero-order chi connectivity index (χ0) is 13.5. The lowest BCUT2D eigenvalue weighted by Gasteiger charge is -2.08. The van der Waals surface area contributed by atoms with E-state index in [1.54, 1.807) is 14.0 Å². The molecule has 0 aliphatic carbocycles. The molecule has 102 valence electrons. The average molecular weight is 279 g/mol. The molecule has 1 aromatic carbocycles. The molecule has 0 saturated carbocycles. The van der Waals surface area contributed by atoms with E-state index in [0.29, 0.717) is 17.7 Å². The van der Waals surface area contributed by atoms with E-state index in [1.165, 1.54) is 17.3 Å². The van der Waals surface area contributed by atoms with Gasteiger partial charge in [-0.1, -0.05) is 18.2 Å². The van der Waals surface area contributed by atoms with Crippen LogP contribution < -0.4 is 5.32 Å². The maximum Gasteiger partial charge on any atom is 0.281 e. The standard InChI is InChI=1S/C13H17N3O2S/c1-10-15-16-13(18-10)19-12-6-4-3-5-11(12)9-14-7-8-17-2/h3-6,14H,7-9H2,1-2H3. The van der Waals surface area contributed by atoms with Crippen LogP contribution in [0.1, 0.15) is 11.5 Å². The Hall–Kier alpha value is -1.37. The second kappa shape index (κ2) is 7.28. The van der Waals surface area contributed by atoms with Crippen LogP contribution in [0.4, 0.5) is 0 Å². The summed E-state index contributed by atoms with van der Waals surface area (Å²) in [5.41, 5.74) is 1.21. The van der Waals surface area contributed by atoms with Crippen LogP contribution in [0.25, 0.3) is 0 Å². The molecule has 19 heavy (non-hydrogen) atoms. The summed E-state index contributed by atoms with van der Waals surface area (Å²) in [5, 5.41) is 11.7. The third kappa shape index (κ3) is 4.34. The van der Waals surface area contributed by atoms with Crippen LogP contribution in [0.2, 0.25) is 0 Å². The van der Waals surface area contributed by atoms with E-state index in [1.807, 2.05) is 12.1 Å². The highest BCUT2D eigenvalue weighted by molar-refractivity contribution is 7.99. The topological polar surface area (TPSA) is 60.2 Å². The first-order valence-electron chi connectivity index (χ1n) is 6.05. The van der Waals surface area contributed by atoms with Crippen LogP contribution in [0.15, 0.2) is 38.8 Å². The van der Waals surface area contributed by atoms with E-state index in [4.69, 9.17) is 9.15 Å². The summed E-state index contributed by atoms with van der Waals surface area (Å²) >= 11 is 1.49. The van der Waals surface area contributed by atoms with Crippen molar-refractivity contribution in [1.82, 2.24) is 15.5 Å². The fourth-order valence-electron chi connectivity index (χ4n) is 1.56. The van der Waals surface area contributed by atoms with Gasteiger partial charge in [0.25, 0.3) is 5.22 Å². The molecule has 0 radical (unpaired) electrons. The van der Waals surface area contributed by atoms with Crippen LogP contribution in [0.5, 0.6) is 0 Å². The zero-order valence-electron chi connectivity index (χ0n) is 11.0. The molecule has 0 amide bonds. The van der Waals surface area contributed by atoms with Crippen LogP contribution in [-0.2, 0) is 11.3 Å². The van der Waals surface area contributed by atoms with Crippen molar-refractivity contribution in [3.8, 4) is 0 Å². The largest absolute Gasteiger partial charge is 0.416 e. The van der Waals surface area contributed by atoms with E-state index in [2.05, 4.69) is 27.6 Å². The molecule has 0 saturated heterocycles. The van der Waals surface area contributed by atoms with Crippen LogP contribution >= 0.6 is 11.8 Å². The molecule has 6 heteroatoms. The predicted octanol–water partition coefficient (Wildman–Crippen LogP) is 2.27. The molecule has 2 aromatic rings. The molecule has 0 unspecified atom stereocenters. The summed E-state index contributed by atoms with van der Waals surface area (Å²) in [7, 11) is 1.70. The average Bonchev–Trinajstić information content (AvgIpc) is 2.82. The Morgan fingerprint density at radius 3 is 2.89 bits per heavy atom. The fourth-order valence-corrected chi connectivity index (χ4v) is 2.41. The normalized spacial score (nSPS) is 10.8. The summed E-state index contributed by atoms with van der Waals surface area (Å²) < 4.78 is 10.4. The summed E-state index contributed by atoms with van der Waals surface area (Å²) in [4.78, 5) is 1.12. The summed E-state index contributed by atoms with van der Waals surface area (Å²) in [6.07, 6.45) is 0. The minimum absolute atomic E-state index is 0.571. The Kier molecular flexibility index (Phi) is 5.38. The summed E-state index contributed by atoms with van der Waals surface area (Å²) in [6.45, 7) is 4.11. The van der Waals surface area contributed by atoms with Gasteiger partial charge in [-0.25, -0.2) is 0 Å². The van der Waals surface area contributed by atoms with Gasteiger partial charge in [-0.15, -0.1) is 10.2 Å². The predicted molar refractivity (Wildman–Crippen MR) is 73.2 cm³/mol. The maximum atomic E-state index is 5.39. The molecule has 0 aliphatic heterocycles. The van der Waals surface area contributed by atoms with Gasteiger partial charge in [-0.05, 0) is 23.4 Å². The van der Waals surface area contributed by atoms with Crippen molar-refractivity contribution in [2.75, 3.05) is 20.3 Å². The molecule has 0 atom stereocenters. The van der Waals surface area contributed by atoms with E-state index < -0.39 is 0 Å². The smallest absolute Gasteiger partial charge is 0.281 e. The SMILES string of the molecule is COCCNCc1ccccc1Sc1nnc(C)o1. The maximum absolute atomic E-state index is 5.39. The summed E-state index contributed by atoms with van der Waals surface area (Å²) in [6, 6.07) is 8.17. The van der Waals surface area contributed by atoms with Crippen molar-refractivity contribution in [3.63, 3.8) is 0 Å². The molecule has 2 rings (SSSR count). The van der Waals surface area contributed by atoms with Crippen LogP contribution in [0.3, 0.4) is 0 Å². The van der Waals surface area contributed by atoms with Crippen LogP contribution in [0, 0.1) is 6.92 Å². The van der Waals surface area contributed by atoms with Gasteiger partial charge in [0.1, 0.15) is 0 Å². The molecule has 0 spiro atoms. The molecule has 0 bridgehead atoms. The van der Waals surface area contributed by atoms with Crippen LogP contribution in [-0.4, -0.2) is 30.5 Å². The third-order valence-corrected chi connectivity index (χ3v) is 3.43. The van der Waals surface area contributed by atoms with E-state index in [9.17, 15) is 0 Å². The van der Waals surface area contributed by atoms with Gasteiger partial charge in [0.2, 0.25) is 5.89 Å². The Morgan fingerprint density at radius 2 is 2.16 bits per heavy atom. The van der Waals surface area contributed by atoms with Crippen molar-refractivity contribution in [1.29, 1.82) is 0 Å². The molecule has 0 fully saturated rings. The van der Waals surface area contributed by atoms with Gasteiger partial charge in [-0.3, -0.25) is 0 Å². The van der Waals surface area contributed by atoms with Crippen molar-refractivity contribution in [3.05, 3.63) is 35.7 Å². The molecule has 1 aromatic heterocycles. The van der Waals surface area contributed by atoms with Crippen molar-refractivity contribution in [2.24, 2.45) is 0 Å². The minimum Gasteiger partial charge on any atom is -0.416 e. The van der Waals surface area contributed by atoms with Gasteiger partial charge in [0.05, 0.1) is 6.61 Å².